The van der Waals surface area contributed by atoms with Crippen LogP contribution in [0.15, 0.2) is 42.6 Å². The number of amides is 1. The largest absolute Gasteiger partial charge is 0.492 e. The lowest BCUT2D eigenvalue weighted by atomic mass is 10.0. The number of aromatic amines is 1. The van der Waals surface area contributed by atoms with E-state index in [0.29, 0.717) is 39.5 Å². The van der Waals surface area contributed by atoms with Crippen molar-refractivity contribution < 1.29 is 18.7 Å². The first-order chi connectivity index (χ1) is 16.9. The summed E-state index contributed by atoms with van der Waals surface area (Å²) in [7, 11) is 1.41. The number of pyridine rings is 2. The maximum atomic E-state index is 14.5. The number of aromatic nitrogens is 3. The molecule has 0 unspecified atom stereocenters. The van der Waals surface area contributed by atoms with Crippen molar-refractivity contribution in [1.29, 1.82) is 0 Å². The van der Waals surface area contributed by atoms with Crippen molar-refractivity contribution >= 4 is 28.3 Å². The van der Waals surface area contributed by atoms with Gasteiger partial charge in [-0.1, -0.05) is 6.07 Å². The molecule has 8 nitrogen and oxygen atoms in total. The number of nitrogens with one attached hydrogen (secondary N) is 3. The number of rotatable bonds is 6. The Morgan fingerprint density at radius 2 is 2.06 bits per heavy atom. The minimum atomic E-state index is -0.498. The van der Waals surface area contributed by atoms with Gasteiger partial charge in [0.15, 0.2) is 11.6 Å². The van der Waals surface area contributed by atoms with Gasteiger partial charge in [-0.25, -0.2) is 9.37 Å². The Morgan fingerprint density at radius 1 is 1.20 bits per heavy atom. The Bertz CT molecular complexity index is 1480. The predicted octanol–water partition coefficient (Wildman–Crippen LogP) is 4.90. The zero-order valence-corrected chi connectivity index (χ0v) is 19.5. The summed E-state index contributed by atoms with van der Waals surface area (Å²) in [5.74, 6) is 0.0989. The average Bonchev–Trinajstić information content (AvgIpc) is 3.50. The second-order valence-corrected chi connectivity index (χ2v) is 9.07. The van der Waals surface area contributed by atoms with Gasteiger partial charge in [0.1, 0.15) is 5.52 Å². The van der Waals surface area contributed by atoms with Crippen molar-refractivity contribution in [2.75, 3.05) is 12.4 Å². The second-order valence-electron chi connectivity index (χ2n) is 9.07. The first-order valence-corrected chi connectivity index (χ1v) is 11.5. The van der Waals surface area contributed by atoms with E-state index < -0.39 is 5.82 Å². The Morgan fingerprint density at radius 3 is 2.86 bits per heavy atom. The van der Waals surface area contributed by atoms with Crippen LogP contribution in [0.5, 0.6) is 11.6 Å². The van der Waals surface area contributed by atoms with Crippen LogP contribution in [-0.4, -0.2) is 40.1 Å². The van der Waals surface area contributed by atoms with E-state index in [1.54, 1.807) is 24.4 Å². The molecule has 4 heterocycles. The summed E-state index contributed by atoms with van der Waals surface area (Å²) < 4.78 is 25.6. The molecular formula is C26H24FN5O3. The number of benzene rings is 1. The molecule has 2 atom stereocenters. The van der Waals surface area contributed by atoms with E-state index in [1.165, 1.54) is 13.2 Å². The highest BCUT2D eigenvalue weighted by Crippen LogP contribution is 2.50. The summed E-state index contributed by atoms with van der Waals surface area (Å²) in [4.78, 5) is 25.8. The number of fused-ring (bicyclic) bond motifs is 4. The number of anilines is 2. The number of halogens is 1. The van der Waals surface area contributed by atoms with E-state index in [1.807, 2.05) is 26.0 Å². The molecule has 0 radical (unpaired) electrons. The number of hydrogen-bond acceptors (Lipinski definition) is 6. The van der Waals surface area contributed by atoms with E-state index in [2.05, 4.69) is 20.6 Å². The van der Waals surface area contributed by atoms with Gasteiger partial charge >= 0.3 is 0 Å². The summed E-state index contributed by atoms with van der Waals surface area (Å²) in [6.07, 6.45) is 2.55. The smallest absolute Gasteiger partial charge is 0.255 e. The Hall–Kier alpha value is -4.14. The highest BCUT2D eigenvalue weighted by Gasteiger charge is 2.48. The molecule has 0 bridgehead atoms. The van der Waals surface area contributed by atoms with Gasteiger partial charge in [0, 0.05) is 35.5 Å². The van der Waals surface area contributed by atoms with Gasteiger partial charge in [0.2, 0.25) is 5.88 Å². The van der Waals surface area contributed by atoms with Gasteiger partial charge in [-0.15, -0.1) is 0 Å². The van der Waals surface area contributed by atoms with Crippen molar-refractivity contribution in [3.63, 3.8) is 0 Å². The summed E-state index contributed by atoms with van der Waals surface area (Å²) in [6, 6.07) is 10.3. The van der Waals surface area contributed by atoms with Gasteiger partial charge in [0.25, 0.3) is 5.91 Å². The van der Waals surface area contributed by atoms with E-state index in [-0.39, 0.29) is 29.7 Å². The van der Waals surface area contributed by atoms with Crippen molar-refractivity contribution in [1.82, 2.24) is 20.3 Å². The van der Waals surface area contributed by atoms with Gasteiger partial charge in [-0.05, 0) is 44.5 Å². The number of para-hydroxylation sites is 1. The number of carbonyl (C=O) groups excluding carboxylic acids is 1. The molecule has 1 aromatic carbocycles. The Kier molecular flexibility index (Phi) is 4.87. The molecule has 3 N–H and O–H groups in total. The lowest BCUT2D eigenvalue weighted by Gasteiger charge is -2.17. The monoisotopic (exact) mass is 473 g/mol. The molecule has 1 aliphatic heterocycles. The average molecular weight is 474 g/mol. The molecule has 1 aliphatic carbocycles. The minimum absolute atomic E-state index is 0.0361. The molecule has 4 aromatic rings. The lowest BCUT2D eigenvalue weighted by molar-refractivity contribution is 0.0944. The lowest BCUT2D eigenvalue weighted by Crippen LogP contribution is -2.31. The van der Waals surface area contributed by atoms with Crippen LogP contribution in [-0.2, 0) is 0 Å². The number of hydrogen-bond donors (Lipinski definition) is 3. The summed E-state index contributed by atoms with van der Waals surface area (Å²) in [5, 5.41) is 6.34. The van der Waals surface area contributed by atoms with E-state index in [9.17, 15) is 9.18 Å². The van der Waals surface area contributed by atoms with Crippen molar-refractivity contribution in [2.24, 2.45) is 0 Å². The third-order valence-electron chi connectivity index (χ3n) is 6.35. The fourth-order valence-electron chi connectivity index (χ4n) is 4.74. The van der Waals surface area contributed by atoms with Crippen molar-refractivity contribution in [3.05, 3.63) is 59.7 Å². The van der Waals surface area contributed by atoms with Crippen molar-refractivity contribution in [2.45, 2.75) is 38.3 Å². The maximum absolute atomic E-state index is 14.5. The first kappa shape index (κ1) is 21.4. The highest BCUT2D eigenvalue weighted by molar-refractivity contribution is 6.09. The molecule has 2 aliphatic rings. The molecule has 3 aromatic heterocycles. The van der Waals surface area contributed by atoms with Crippen LogP contribution in [0.2, 0.25) is 0 Å². The molecule has 6 rings (SSSR count). The van der Waals surface area contributed by atoms with Crippen LogP contribution < -0.4 is 20.1 Å². The summed E-state index contributed by atoms with van der Waals surface area (Å²) >= 11 is 0. The van der Waals surface area contributed by atoms with Gasteiger partial charge in [-0.2, -0.15) is 0 Å². The molecule has 0 saturated heterocycles. The molecule has 1 fully saturated rings. The zero-order valence-electron chi connectivity index (χ0n) is 19.5. The number of nitrogens with zero attached hydrogens (tertiary/aromatic N) is 2. The number of carbonyl (C=O) groups is 1. The van der Waals surface area contributed by atoms with Gasteiger partial charge in [-0.3, -0.25) is 9.78 Å². The third kappa shape index (κ3) is 3.54. The molecular weight excluding hydrogens is 449 g/mol. The topological polar surface area (TPSA) is 101 Å². The van der Waals surface area contributed by atoms with E-state index in [4.69, 9.17) is 14.5 Å². The summed E-state index contributed by atoms with van der Waals surface area (Å²) in [5.41, 5.74) is 5.08. The summed E-state index contributed by atoms with van der Waals surface area (Å²) in [6.45, 7) is 3.88. The van der Waals surface area contributed by atoms with Gasteiger partial charge in [0.05, 0.1) is 41.4 Å². The standard InChI is InChI=1S/C26H24FN5O3/c1-12(2)35-19-8-7-16-21(31-19)13(9-10-28-16)23-24(29-17-6-4-5-15(27)25(17)34-3)20-22(32-23)14-11-18(14)30-26(20)33/h4-10,12,14,18,29,32H,11H2,1-3H3,(H,30,33)/t14-,18+/m1/s1. The fourth-order valence-corrected chi connectivity index (χ4v) is 4.74. The molecule has 1 amide bonds. The van der Waals surface area contributed by atoms with Crippen LogP contribution in [0.3, 0.4) is 0 Å². The molecule has 1 saturated carbocycles. The molecule has 9 heteroatoms. The fraction of sp³-hybridized carbons (Fsp3) is 0.269. The maximum Gasteiger partial charge on any atom is 0.255 e. The van der Waals surface area contributed by atoms with Crippen molar-refractivity contribution in [3.8, 4) is 22.9 Å². The Balaban J connectivity index is 1.57. The van der Waals surface area contributed by atoms with Gasteiger partial charge < -0.3 is 25.1 Å². The van der Waals surface area contributed by atoms with E-state index in [0.717, 1.165) is 17.7 Å². The SMILES string of the molecule is COc1c(F)cccc1Nc1c(-c2ccnc3ccc(OC(C)C)nc23)[nH]c2c1C(=O)N[C@H]1C[C@@H]21. The Labute approximate surface area is 200 Å². The number of ether oxygens (including phenoxy) is 2. The third-order valence-corrected chi connectivity index (χ3v) is 6.35. The van der Waals surface area contributed by atoms with Crippen LogP contribution in [0.1, 0.15) is 42.2 Å². The first-order valence-electron chi connectivity index (χ1n) is 11.5. The van der Waals surface area contributed by atoms with Crippen LogP contribution >= 0.6 is 0 Å². The number of methoxy groups -OCH3 is 1. The molecule has 35 heavy (non-hydrogen) atoms. The normalized spacial score (nSPS) is 18.1. The molecule has 0 spiro atoms. The number of H-pyrrole nitrogens is 1. The predicted molar refractivity (Wildman–Crippen MR) is 130 cm³/mol. The van der Waals surface area contributed by atoms with Crippen LogP contribution in [0.25, 0.3) is 22.3 Å². The van der Waals surface area contributed by atoms with Crippen LogP contribution in [0, 0.1) is 5.82 Å². The minimum Gasteiger partial charge on any atom is -0.492 e. The van der Waals surface area contributed by atoms with Crippen LogP contribution in [0.4, 0.5) is 15.8 Å². The second kappa shape index (κ2) is 7.97. The molecule has 178 valence electrons. The highest BCUT2D eigenvalue weighted by atomic mass is 19.1. The zero-order chi connectivity index (χ0) is 24.3. The quantitative estimate of drug-likeness (QED) is 0.368. The van der Waals surface area contributed by atoms with E-state index >= 15 is 0 Å².